The van der Waals surface area contributed by atoms with Crippen molar-refractivity contribution in [1.29, 1.82) is 0 Å². The van der Waals surface area contributed by atoms with E-state index in [1.165, 1.54) is 0 Å². The SMILES string of the molecule is CCOCc1cc(C)cc(CC(=O)Cl)c1. The third-order valence-corrected chi connectivity index (χ3v) is 2.15. The van der Waals surface area contributed by atoms with Crippen LogP contribution in [-0.4, -0.2) is 11.8 Å². The molecule has 0 unspecified atom stereocenters. The van der Waals surface area contributed by atoms with Gasteiger partial charge in [0.2, 0.25) is 5.24 Å². The normalized spacial score (nSPS) is 10.3. The quantitative estimate of drug-likeness (QED) is 0.722. The summed E-state index contributed by atoms with van der Waals surface area (Å²) in [6.45, 7) is 5.23. The third-order valence-electron chi connectivity index (χ3n) is 2.01. The molecule has 15 heavy (non-hydrogen) atoms. The van der Waals surface area contributed by atoms with Gasteiger partial charge in [0.1, 0.15) is 0 Å². The number of benzene rings is 1. The van der Waals surface area contributed by atoms with Gasteiger partial charge in [-0.05, 0) is 36.6 Å². The lowest BCUT2D eigenvalue weighted by atomic mass is 10.1. The van der Waals surface area contributed by atoms with Crippen molar-refractivity contribution in [3.63, 3.8) is 0 Å². The molecule has 0 aliphatic heterocycles. The maximum absolute atomic E-state index is 10.8. The zero-order chi connectivity index (χ0) is 11.3. The summed E-state index contributed by atoms with van der Waals surface area (Å²) in [5.74, 6) is 0. The Kier molecular flexibility index (Phi) is 4.79. The minimum absolute atomic E-state index is 0.280. The highest BCUT2D eigenvalue weighted by molar-refractivity contribution is 6.63. The molecule has 0 heterocycles. The van der Waals surface area contributed by atoms with Gasteiger partial charge in [-0.2, -0.15) is 0 Å². The van der Waals surface area contributed by atoms with E-state index in [2.05, 4.69) is 6.07 Å². The molecule has 0 N–H and O–H groups in total. The molecule has 1 aromatic rings. The van der Waals surface area contributed by atoms with Gasteiger partial charge in [0.15, 0.2) is 0 Å². The fraction of sp³-hybridized carbons (Fsp3) is 0.417. The summed E-state index contributed by atoms with van der Waals surface area (Å²) in [5, 5.41) is -0.331. The van der Waals surface area contributed by atoms with Crippen LogP contribution < -0.4 is 0 Å². The van der Waals surface area contributed by atoms with E-state index in [0.717, 1.165) is 16.7 Å². The minimum atomic E-state index is -0.331. The first-order valence-electron chi connectivity index (χ1n) is 4.97. The molecule has 0 atom stereocenters. The molecular weight excluding hydrogens is 212 g/mol. The van der Waals surface area contributed by atoms with E-state index in [1.54, 1.807) is 0 Å². The van der Waals surface area contributed by atoms with Crippen molar-refractivity contribution in [3.05, 3.63) is 34.9 Å². The van der Waals surface area contributed by atoms with Crippen LogP contribution in [0.25, 0.3) is 0 Å². The Morgan fingerprint density at radius 3 is 2.60 bits per heavy atom. The van der Waals surface area contributed by atoms with E-state index in [1.807, 2.05) is 26.0 Å². The van der Waals surface area contributed by atoms with E-state index in [9.17, 15) is 4.79 Å². The van der Waals surface area contributed by atoms with Gasteiger partial charge in [-0.15, -0.1) is 0 Å². The second-order valence-electron chi connectivity index (χ2n) is 3.50. The van der Waals surface area contributed by atoms with Crippen LogP contribution in [0, 0.1) is 6.92 Å². The molecule has 0 bridgehead atoms. The molecule has 0 amide bonds. The Morgan fingerprint density at radius 1 is 1.33 bits per heavy atom. The predicted molar refractivity (Wildman–Crippen MR) is 61.1 cm³/mol. The fourth-order valence-corrected chi connectivity index (χ4v) is 1.67. The van der Waals surface area contributed by atoms with Crippen molar-refractivity contribution in [2.75, 3.05) is 6.61 Å². The first kappa shape index (κ1) is 12.2. The van der Waals surface area contributed by atoms with Gasteiger partial charge in [0.25, 0.3) is 0 Å². The Hall–Kier alpha value is -0.860. The summed E-state index contributed by atoms with van der Waals surface area (Å²) in [6, 6.07) is 5.98. The Labute approximate surface area is 95.2 Å². The highest BCUT2D eigenvalue weighted by Gasteiger charge is 2.02. The fourth-order valence-electron chi connectivity index (χ4n) is 1.51. The second kappa shape index (κ2) is 5.89. The van der Waals surface area contributed by atoms with E-state index < -0.39 is 0 Å². The van der Waals surface area contributed by atoms with E-state index in [-0.39, 0.29) is 11.7 Å². The molecule has 0 aliphatic rings. The number of aryl methyl sites for hydroxylation is 1. The Balaban J connectivity index is 2.79. The lowest BCUT2D eigenvalue weighted by Crippen LogP contribution is -1.98. The topological polar surface area (TPSA) is 26.3 Å². The smallest absolute Gasteiger partial charge is 0.226 e. The predicted octanol–water partition coefficient (Wildman–Crippen LogP) is 2.84. The summed E-state index contributed by atoms with van der Waals surface area (Å²) >= 11 is 5.35. The molecule has 0 spiro atoms. The average molecular weight is 227 g/mol. The number of hydrogen-bond acceptors (Lipinski definition) is 2. The molecule has 1 aromatic carbocycles. The Morgan fingerprint density at radius 2 is 2.00 bits per heavy atom. The number of ether oxygens (including phenoxy) is 1. The largest absolute Gasteiger partial charge is 0.377 e. The molecule has 0 fully saturated rings. The van der Waals surface area contributed by atoms with Crippen LogP contribution in [0.3, 0.4) is 0 Å². The zero-order valence-corrected chi connectivity index (χ0v) is 9.80. The second-order valence-corrected chi connectivity index (χ2v) is 3.92. The van der Waals surface area contributed by atoms with Crippen molar-refractivity contribution in [3.8, 4) is 0 Å². The lowest BCUT2D eigenvalue weighted by molar-refractivity contribution is -0.111. The summed E-state index contributed by atoms with van der Waals surface area (Å²) in [6.07, 6.45) is 0.280. The third kappa shape index (κ3) is 4.45. The molecule has 3 heteroatoms. The monoisotopic (exact) mass is 226 g/mol. The van der Waals surface area contributed by atoms with Crippen molar-refractivity contribution in [1.82, 2.24) is 0 Å². The van der Waals surface area contributed by atoms with Crippen molar-refractivity contribution >= 4 is 16.8 Å². The summed E-state index contributed by atoms with van der Waals surface area (Å²) in [4.78, 5) is 10.8. The van der Waals surface area contributed by atoms with Crippen molar-refractivity contribution in [2.45, 2.75) is 26.9 Å². The highest BCUT2D eigenvalue weighted by atomic mass is 35.5. The van der Waals surface area contributed by atoms with Gasteiger partial charge in [0.05, 0.1) is 6.61 Å². The van der Waals surface area contributed by atoms with E-state index in [4.69, 9.17) is 16.3 Å². The van der Waals surface area contributed by atoms with Gasteiger partial charge < -0.3 is 4.74 Å². The maximum Gasteiger partial charge on any atom is 0.226 e. The molecule has 2 nitrogen and oxygen atoms in total. The number of carbonyl (C=O) groups is 1. The van der Waals surface area contributed by atoms with Gasteiger partial charge in [0, 0.05) is 13.0 Å². The minimum Gasteiger partial charge on any atom is -0.377 e. The molecule has 0 aromatic heterocycles. The van der Waals surface area contributed by atoms with Crippen LogP contribution in [0.5, 0.6) is 0 Å². The summed E-state index contributed by atoms with van der Waals surface area (Å²) in [7, 11) is 0. The van der Waals surface area contributed by atoms with Crippen LogP contribution in [0.1, 0.15) is 23.6 Å². The highest BCUT2D eigenvalue weighted by Crippen LogP contribution is 2.12. The molecule has 0 aliphatic carbocycles. The molecule has 1 rings (SSSR count). The van der Waals surface area contributed by atoms with Gasteiger partial charge >= 0.3 is 0 Å². The average Bonchev–Trinajstić information content (AvgIpc) is 2.12. The first-order chi connectivity index (χ1) is 7.11. The van der Waals surface area contributed by atoms with Gasteiger partial charge in [-0.3, -0.25) is 4.79 Å². The van der Waals surface area contributed by atoms with Crippen LogP contribution in [0.2, 0.25) is 0 Å². The maximum atomic E-state index is 10.8. The van der Waals surface area contributed by atoms with Crippen LogP contribution in [0.15, 0.2) is 18.2 Å². The van der Waals surface area contributed by atoms with E-state index in [0.29, 0.717) is 13.2 Å². The first-order valence-corrected chi connectivity index (χ1v) is 5.35. The molecular formula is C12H15ClO2. The van der Waals surface area contributed by atoms with Crippen LogP contribution in [0.4, 0.5) is 0 Å². The number of halogens is 1. The van der Waals surface area contributed by atoms with Gasteiger partial charge in [-0.1, -0.05) is 23.8 Å². The standard InChI is InChI=1S/C12H15ClO2/c1-3-15-8-11-5-9(2)4-10(6-11)7-12(13)14/h4-6H,3,7-8H2,1-2H3. The van der Waals surface area contributed by atoms with Crippen LogP contribution >= 0.6 is 11.6 Å². The Bertz CT molecular complexity index is 347. The van der Waals surface area contributed by atoms with Crippen LogP contribution in [-0.2, 0) is 22.6 Å². The van der Waals surface area contributed by atoms with Crippen molar-refractivity contribution in [2.24, 2.45) is 0 Å². The lowest BCUT2D eigenvalue weighted by Gasteiger charge is -2.06. The van der Waals surface area contributed by atoms with Gasteiger partial charge in [-0.25, -0.2) is 0 Å². The molecule has 0 saturated heterocycles. The number of hydrogen-bond donors (Lipinski definition) is 0. The molecule has 82 valence electrons. The summed E-state index contributed by atoms with van der Waals surface area (Å²) < 4.78 is 5.32. The molecule has 0 saturated carbocycles. The number of rotatable bonds is 5. The zero-order valence-electron chi connectivity index (χ0n) is 9.05. The van der Waals surface area contributed by atoms with Crippen molar-refractivity contribution < 1.29 is 9.53 Å². The number of carbonyl (C=O) groups excluding carboxylic acids is 1. The molecule has 0 radical (unpaired) electrons. The summed E-state index contributed by atoms with van der Waals surface area (Å²) in [5.41, 5.74) is 3.16. The van der Waals surface area contributed by atoms with E-state index >= 15 is 0 Å².